The van der Waals surface area contributed by atoms with Crippen molar-refractivity contribution in [1.29, 1.82) is 0 Å². The molecule has 3 aromatic rings. The molecule has 5 nitrogen and oxygen atoms in total. The largest absolute Gasteiger partial charge is 0.302 e. The molecule has 0 unspecified atom stereocenters. The van der Waals surface area contributed by atoms with Gasteiger partial charge in [-0.25, -0.2) is 9.37 Å². The number of nitrogens with zero attached hydrogens (tertiary/aromatic N) is 2. The number of anilines is 1. The Labute approximate surface area is 141 Å². The average Bonchev–Trinajstić information content (AvgIpc) is 2.57. The lowest BCUT2D eigenvalue weighted by atomic mass is 10.2. The molecule has 24 heavy (non-hydrogen) atoms. The van der Waals surface area contributed by atoms with Crippen LogP contribution in [-0.2, 0) is 0 Å². The van der Waals surface area contributed by atoms with E-state index in [1.165, 1.54) is 47.3 Å². The molecule has 0 spiro atoms. The first-order valence-electron chi connectivity index (χ1n) is 6.95. The predicted molar refractivity (Wildman–Crippen MR) is 89.2 cm³/mol. The Balaban J connectivity index is 1.92. The van der Waals surface area contributed by atoms with E-state index >= 15 is 0 Å². The number of nitrogens with one attached hydrogen (secondary N) is 1. The van der Waals surface area contributed by atoms with E-state index in [9.17, 15) is 14.0 Å². The zero-order valence-corrected chi connectivity index (χ0v) is 13.0. The second-order valence-electron chi connectivity index (χ2n) is 4.89. The van der Waals surface area contributed by atoms with E-state index in [-0.39, 0.29) is 5.82 Å². The molecule has 0 saturated carbocycles. The minimum absolute atomic E-state index is 0.151. The summed E-state index contributed by atoms with van der Waals surface area (Å²) in [5.41, 5.74) is 0.108. The molecule has 0 aliphatic carbocycles. The van der Waals surface area contributed by atoms with Crippen LogP contribution in [0.1, 0.15) is 10.4 Å². The van der Waals surface area contributed by atoms with E-state index in [0.29, 0.717) is 16.3 Å². The van der Waals surface area contributed by atoms with E-state index in [2.05, 4.69) is 10.3 Å². The minimum Gasteiger partial charge on any atom is -0.302 e. The fourth-order valence-electron chi connectivity index (χ4n) is 2.11. The molecule has 1 aromatic heterocycles. The summed E-state index contributed by atoms with van der Waals surface area (Å²) in [4.78, 5) is 28.5. The lowest BCUT2D eigenvalue weighted by molar-refractivity contribution is 0.102. The van der Waals surface area contributed by atoms with E-state index in [1.807, 2.05) is 0 Å². The van der Waals surface area contributed by atoms with Crippen molar-refractivity contribution >= 4 is 23.3 Å². The molecule has 2 aromatic carbocycles. The van der Waals surface area contributed by atoms with Gasteiger partial charge >= 0.3 is 0 Å². The van der Waals surface area contributed by atoms with Crippen molar-refractivity contribution < 1.29 is 9.18 Å². The number of carbonyl (C=O) groups excluding carboxylic acids is 1. The molecule has 120 valence electrons. The highest BCUT2D eigenvalue weighted by Gasteiger charge is 2.12. The Morgan fingerprint density at radius 3 is 2.62 bits per heavy atom. The third kappa shape index (κ3) is 3.33. The summed E-state index contributed by atoms with van der Waals surface area (Å²) < 4.78 is 14.5. The second-order valence-corrected chi connectivity index (χ2v) is 5.33. The first-order valence-corrected chi connectivity index (χ1v) is 7.33. The molecule has 7 heteroatoms. The summed E-state index contributed by atoms with van der Waals surface area (Å²) in [6, 6.07) is 11.8. The number of aromatic nitrogens is 2. The van der Waals surface area contributed by atoms with Crippen molar-refractivity contribution in [3.8, 4) is 5.69 Å². The van der Waals surface area contributed by atoms with E-state index in [0.717, 1.165) is 0 Å². The van der Waals surface area contributed by atoms with Gasteiger partial charge in [0.1, 0.15) is 5.82 Å². The van der Waals surface area contributed by atoms with Gasteiger partial charge in [-0.2, -0.15) is 0 Å². The van der Waals surface area contributed by atoms with Crippen molar-refractivity contribution in [3.63, 3.8) is 0 Å². The lowest BCUT2D eigenvalue weighted by Crippen LogP contribution is -2.26. The summed E-state index contributed by atoms with van der Waals surface area (Å²) in [5, 5.41) is 2.95. The highest BCUT2D eigenvalue weighted by molar-refractivity contribution is 6.30. The van der Waals surface area contributed by atoms with E-state index < -0.39 is 17.3 Å². The topological polar surface area (TPSA) is 64.0 Å². The molecule has 3 rings (SSSR count). The number of benzene rings is 2. The Morgan fingerprint density at radius 2 is 1.92 bits per heavy atom. The van der Waals surface area contributed by atoms with Gasteiger partial charge in [-0.3, -0.25) is 14.2 Å². The molecule has 1 N–H and O–H groups in total. The van der Waals surface area contributed by atoms with Crippen molar-refractivity contribution in [2.45, 2.75) is 0 Å². The summed E-state index contributed by atoms with van der Waals surface area (Å²) >= 11 is 5.78. The second kappa shape index (κ2) is 6.64. The maximum Gasteiger partial charge on any atom is 0.298 e. The molecular weight excluding hydrogens is 333 g/mol. The Kier molecular flexibility index (Phi) is 4.39. The SMILES string of the molecule is O=C(Nc1nccn(-c2cccc(F)c2)c1=O)c1ccc(Cl)cc1. The molecule has 0 atom stereocenters. The Bertz CT molecular complexity index is 955. The summed E-state index contributed by atoms with van der Waals surface area (Å²) in [5.74, 6) is -1.11. The maximum atomic E-state index is 13.3. The normalized spacial score (nSPS) is 10.4. The maximum absolute atomic E-state index is 13.3. The van der Waals surface area contributed by atoms with Crippen LogP contribution in [0.5, 0.6) is 0 Å². The molecule has 0 radical (unpaired) electrons. The Morgan fingerprint density at radius 1 is 1.17 bits per heavy atom. The van der Waals surface area contributed by atoms with Gasteiger partial charge in [0, 0.05) is 23.0 Å². The van der Waals surface area contributed by atoms with Gasteiger partial charge in [-0.05, 0) is 42.5 Å². The standard InChI is InChI=1S/C17H11ClFN3O2/c18-12-6-4-11(5-7-12)16(23)21-15-17(24)22(9-8-20-15)14-3-1-2-13(19)10-14/h1-10H,(H,20,21,23). The molecule has 0 fully saturated rings. The highest BCUT2D eigenvalue weighted by atomic mass is 35.5. The quantitative estimate of drug-likeness (QED) is 0.793. The van der Waals surface area contributed by atoms with Gasteiger partial charge in [0.2, 0.25) is 0 Å². The van der Waals surface area contributed by atoms with Crippen molar-refractivity contribution in [3.05, 3.63) is 87.7 Å². The molecule has 0 saturated heterocycles. The summed E-state index contributed by atoms with van der Waals surface area (Å²) in [6.45, 7) is 0. The van der Waals surface area contributed by atoms with Crippen LogP contribution in [0.2, 0.25) is 5.02 Å². The van der Waals surface area contributed by atoms with E-state index in [4.69, 9.17) is 11.6 Å². The van der Waals surface area contributed by atoms with Crippen molar-refractivity contribution in [2.24, 2.45) is 0 Å². The number of halogens is 2. The first-order chi connectivity index (χ1) is 11.5. The number of rotatable bonds is 3. The van der Waals surface area contributed by atoms with Crippen molar-refractivity contribution in [1.82, 2.24) is 9.55 Å². The van der Waals surface area contributed by atoms with Crippen LogP contribution >= 0.6 is 11.6 Å². The monoisotopic (exact) mass is 343 g/mol. The zero-order valence-electron chi connectivity index (χ0n) is 12.2. The van der Waals surface area contributed by atoms with Crippen LogP contribution in [0.4, 0.5) is 10.2 Å². The smallest absolute Gasteiger partial charge is 0.298 e. The molecule has 0 aliphatic heterocycles. The van der Waals surface area contributed by atoms with E-state index in [1.54, 1.807) is 18.2 Å². The Hall–Kier alpha value is -2.99. The highest BCUT2D eigenvalue weighted by Crippen LogP contribution is 2.11. The van der Waals surface area contributed by atoms with Crippen LogP contribution in [-0.4, -0.2) is 15.5 Å². The summed E-state index contributed by atoms with van der Waals surface area (Å²) in [7, 11) is 0. The molecule has 0 aliphatic rings. The van der Waals surface area contributed by atoms with Crippen LogP contribution < -0.4 is 10.9 Å². The van der Waals surface area contributed by atoms with Gasteiger partial charge in [-0.1, -0.05) is 17.7 Å². The number of hydrogen-bond donors (Lipinski definition) is 1. The predicted octanol–water partition coefficient (Wildman–Crippen LogP) is 3.28. The number of hydrogen-bond acceptors (Lipinski definition) is 3. The number of amides is 1. The fourth-order valence-corrected chi connectivity index (χ4v) is 2.23. The molecule has 0 bridgehead atoms. The molecular formula is C17H11ClFN3O2. The lowest BCUT2D eigenvalue weighted by Gasteiger charge is -2.08. The van der Waals surface area contributed by atoms with Gasteiger partial charge in [0.15, 0.2) is 5.82 Å². The first kappa shape index (κ1) is 15.9. The van der Waals surface area contributed by atoms with Crippen LogP contribution in [0.25, 0.3) is 5.69 Å². The van der Waals surface area contributed by atoms with Crippen LogP contribution in [0.3, 0.4) is 0 Å². The van der Waals surface area contributed by atoms with Gasteiger partial charge in [0.25, 0.3) is 11.5 Å². The van der Waals surface area contributed by atoms with Gasteiger partial charge < -0.3 is 5.32 Å². The van der Waals surface area contributed by atoms with Crippen LogP contribution in [0, 0.1) is 5.82 Å². The third-order valence-electron chi connectivity index (χ3n) is 3.27. The fraction of sp³-hybridized carbons (Fsp3) is 0. The van der Waals surface area contributed by atoms with Gasteiger partial charge in [0.05, 0.1) is 5.69 Å². The van der Waals surface area contributed by atoms with Crippen molar-refractivity contribution in [2.75, 3.05) is 5.32 Å². The molecule has 1 heterocycles. The van der Waals surface area contributed by atoms with Crippen LogP contribution in [0.15, 0.2) is 65.7 Å². The number of carbonyl (C=O) groups is 1. The molecule has 1 amide bonds. The summed E-state index contributed by atoms with van der Waals surface area (Å²) in [6.07, 6.45) is 2.75. The van der Waals surface area contributed by atoms with Gasteiger partial charge in [-0.15, -0.1) is 0 Å². The average molecular weight is 344 g/mol. The zero-order chi connectivity index (χ0) is 17.1. The third-order valence-corrected chi connectivity index (χ3v) is 3.52. The minimum atomic E-state index is -0.564.